The van der Waals surface area contributed by atoms with Gasteiger partial charge >= 0.3 is 0 Å². The SMILES string of the molecule is CCCCN(CCCC)C(=O)CSc1nc(N)c2c3c(sc2n1)C[C@H](C)CC3. The van der Waals surface area contributed by atoms with Crippen molar-refractivity contribution in [2.75, 3.05) is 24.6 Å². The van der Waals surface area contributed by atoms with Gasteiger partial charge in [0.2, 0.25) is 5.91 Å². The van der Waals surface area contributed by atoms with Gasteiger partial charge in [-0.1, -0.05) is 45.4 Å². The topological polar surface area (TPSA) is 72.1 Å². The molecule has 28 heavy (non-hydrogen) atoms. The van der Waals surface area contributed by atoms with Gasteiger partial charge in [-0.05, 0) is 43.6 Å². The minimum Gasteiger partial charge on any atom is -0.383 e. The fraction of sp³-hybridized carbons (Fsp3) is 0.667. The van der Waals surface area contributed by atoms with Crippen LogP contribution in [-0.4, -0.2) is 39.6 Å². The number of aromatic nitrogens is 2. The fourth-order valence-corrected chi connectivity index (χ4v) is 5.89. The van der Waals surface area contributed by atoms with Crippen molar-refractivity contribution in [1.29, 1.82) is 0 Å². The van der Waals surface area contributed by atoms with Crippen molar-refractivity contribution in [3.8, 4) is 0 Å². The first kappa shape index (κ1) is 21.4. The van der Waals surface area contributed by atoms with Gasteiger partial charge < -0.3 is 10.6 Å². The third-order valence-electron chi connectivity index (χ3n) is 5.40. The number of nitrogens with zero attached hydrogens (tertiary/aromatic N) is 3. The Bertz CT molecular complexity index is 812. The van der Waals surface area contributed by atoms with Gasteiger partial charge in [0.1, 0.15) is 10.6 Å². The molecule has 0 saturated carbocycles. The van der Waals surface area contributed by atoms with Crippen LogP contribution in [0.3, 0.4) is 0 Å². The number of fused-ring (bicyclic) bond motifs is 3. The first-order chi connectivity index (χ1) is 13.5. The maximum Gasteiger partial charge on any atom is 0.233 e. The molecule has 0 bridgehead atoms. The molecular weight excluding hydrogens is 388 g/mol. The molecule has 1 atom stereocenters. The van der Waals surface area contributed by atoms with Crippen LogP contribution in [0.1, 0.15) is 63.3 Å². The number of thioether (sulfide) groups is 1. The lowest BCUT2D eigenvalue weighted by atomic mass is 9.89. The number of thiophene rings is 1. The molecule has 0 aromatic carbocycles. The average molecular weight is 421 g/mol. The number of carbonyl (C=O) groups excluding carboxylic acids is 1. The maximum atomic E-state index is 12.7. The number of nitrogen functional groups attached to an aromatic ring is 1. The van der Waals surface area contributed by atoms with Gasteiger partial charge in [0.05, 0.1) is 11.1 Å². The molecule has 2 aromatic heterocycles. The zero-order valence-electron chi connectivity index (χ0n) is 17.3. The average Bonchev–Trinajstić information content (AvgIpc) is 3.04. The highest BCUT2D eigenvalue weighted by Gasteiger charge is 2.23. The number of hydrogen-bond donors (Lipinski definition) is 1. The standard InChI is InChI=1S/C21H32N4OS2/c1-4-6-10-25(11-7-5-2)17(26)13-27-21-23-19(22)18-15-9-8-14(3)12-16(15)28-20(18)24-21/h14H,4-13H2,1-3H3,(H2,22,23,24)/t14-/m1/s1. The van der Waals surface area contributed by atoms with Crippen LogP contribution in [0.2, 0.25) is 0 Å². The monoisotopic (exact) mass is 420 g/mol. The summed E-state index contributed by atoms with van der Waals surface area (Å²) in [7, 11) is 0. The second kappa shape index (κ2) is 9.92. The van der Waals surface area contributed by atoms with Gasteiger partial charge in [-0.25, -0.2) is 9.97 Å². The number of carbonyl (C=O) groups is 1. The minimum atomic E-state index is 0.175. The number of nitrogens with two attached hydrogens (primary N) is 1. The van der Waals surface area contributed by atoms with Gasteiger partial charge in [-0.3, -0.25) is 4.79 Å². The lowest BCUT2D eigenvalue weighted by molar-refractivity contribution is -0.128. The molecule has 1 amide bonds. The minimum absolute atomic E-state index is 0.175. The summed E-state index contributed by atoms with van der Waals surface area (Å²) in [6.45, 7) is 8.30. The quantitative estimate of drug-likeness (QED) is 0.460. The molecule has 0 aliphatic heterocycles. The second-order valence-electron chi connectivity index (χ2n) is 7.80. The van der Waals surface area contributed by atoms with Crippen LogP contribution in [0.4, 0.5) is 5.82 Å². The summed E-state index contributed by atoms with van der Waals surface area (Å²) in [5.74, 6) is 1.84. The van der Waals surface area contributed by atoms with Crippen molar-refractivity contribution >= 4 is 45.0 Å². The Labute approximate surface area is 176 Å². The molecular formula is C21H32N4OS2. The van der Waals surface area contributed by atoms with Gasteiger partial charge in [0, 0.05) is 18.0 Å². The Morgan fingerprint density at radius 1 is 1.25 bits per heavy atom. The van der Waals surface area contributed by atoms with Crippen molar-refractivity contribution in [1.82, 2.24) is 14.9 Å². The summed E-state index contributed by atoms with van der Waals surface area (Å²) in [5, 5.41) is 1.67. The molecule has 2 N–H and O–H groups in total. The third kappa shape index (κ3) is 4.98. The summed E-state index contributed by atoms with van der Waals surface area (Å²) in [5.41, 5.74) is 7.66. The molecule has 0 unspecified atom stereocenters. The lowest BCUT2D eigenvalue weighted by Gasteiger charge is -2.22. The number of rotatable bonds is 9. The molecule has 154 valence electrons. The number of unbranched alkanes of at least 4 members (excludes halogenated alkanes) is 2. The number of amides is 1. The van der Waals surface area contributed by atoms with Crippen molar-refractivity contribution in [2.45, 2.75) is 70.9 Å². The van der Waals surface area contributed by atoms with Crippen LogP contribution in [-0.2, 0) is 17.6 Å². The highest BCUT2D eigenvalue weighted by atomic mass is 32.2. The van der Waals surface area contributed by atoms with Crippen LogP contribution in [0, 0.1) is 5.92 Å². The smallest absolute Gasteiger partial charge is 0.233 e. The van der Waals surface area contributed by atoms with Gasteiger partial charge in [-0.2, -0.15) is 0 Å². The van der Waals surface area contributed by atoms with Crippen molar-refractivity contribution in [2.24, 2.45) is 5.92 Å². The summed E-state index contributed by atoms with van der Waals surface area (Å²) in [4.78, 5) is 26.3. The van der Waals surface area contributed by atoms with Crippen LogP contribution in [0.5, 0.6) is 0 Å². The molecule has 1 aliphatic carbocycles. The van der Waals surface area contributed by atoms with E-state index in [4.69, 9.17) is 10.7 Å². The fourth-order valence-electron chi connectivity index (χ4n) is 3.69. The van der Waals surface area contributed by atoms with Gasteiger partial charge in [0.15, 0.2) is 5.16 Å². The van der Waals surface area contributed by atoms with E-state index in [-0.39, 0.29) is 5.91 Å². The van der Waals surface area contributed by atoms with Crippen molar-refractivity contribution < 1.29 is 4.79 Å². The van der Waals surface area contributed by atoms with E-state index in [1.54, 1.807) is 11.3 Å². The molecule has 2 heterocycles. The van der Waals surface area contributed by atoms with E-state index >= 15 is 0 Å². The molecule has 0 radical (unpaired) electrons. The first-order valence-corrected chi connectivity index (χ1v) is 12.3. The van der Waals surface area contributed by atoms with Crippen LogP contribution < -0.4 is 5.73 Å². The van der Waals surface area contributed by atoms with Gasteiger partial charge in [0.25, 0.3) is 0 Å². The normalized spacial score (nSPS) is 16.3. The predicted molar refractivity (Wildman–Crippen MR) is 120 cm³/mol. The zero-order valence-corrected chi connectivity index (χ0v) is 18.9. The third-order valence-corrected chi connectivity index (χ3v) is 7.38. The van der Waals surface area contributed by atoms with E-state index in [0.29, 0.717) is 16.7 Å². The summed E-state index contributed by atoms with van der Waals surface area (Å²) >= 11 is 3.17. The van der Waals surface area contributed by atoms with E-state index in [2.05, 4.69) is 25.8 Å². The van der Waals surface area contributed by atoms with Crippen molar-refractivity contribution in [3.63, 3.8) is 0 Å². The second-order valence-corrected chi connectivity index (χ2v) is 9.83. The highest BCUT2D eigenvalue weighted by molar-refractivity contribution is 7.99. The Balaban J connectivity index is 1.71. The molecule has 7 heteroatoms. The molecule has 0 saturated heterocycles. The van der Waals surface area contributed by atoms with Crippen LogP contribution in [0.25, 0.3) is 10.2 Å². The molecule has 3 rings (SSSR count). The Morgan fingerprint density at radius 3 is 2.64 bits per heavy atom. The summed E-state index contributed by atoms with van der Waals surface area (Å²) in [6.07, 6.45) is 7.68. The molecule has 1 aliphatic rings. The molecule has 0 fully saturated rings. The Kier molecular flexibility index (Phi) is 7.57. The Hall–Kier alpha value is -1.34. The Morgan fingerprint density at radius 2 is 1.96 bits per heavy atom. The predicted octanol–water partition coefficient (Wildman–Crippen LogP) is 4.92. The zero-order chi connectivity index (χ0) is 20.1. The molecule has 2 aromatic rings. The highest BCUT2D eigenvalue weighted by Crippen LogP contribution is 2.39. The van der Waals surface area contributed by atoms with E-state index in [9.17, 15) is 4.79 Å². The largest absolute Gasteiger partial charge is 0.383 e. The lowest BCUT2D eigenvalue weighted by Crippen LogP contribution is -2.34. The van der Waals surface area contributed by atoms with E-state index < -0.39 is 0 Å². The van der Waals surface area contributed by atoms with Crippen LogP contribution >= 0.6 is 23.1 Å². The summed E-state index contributed by atoms with van der Waals surface area (Å²) < 4.78 is 0. The molecule has 0 spiro atoms. The first-order valence-electron chi connectivity index (χ1n) is 10.5. The van der Waals surface area contributed by atoms with Gasteiger partial charge in [-0.15, -0.1) is 11.3 Å². The van der Waals surface area contributed by atoms with Crippen LogP contribution in [0.15, 0.2) is 5.16 Å². The van der Waals surface area contributed by atoms with Crippen molar-refractivity contribution in [3.05, 3.63) is 10.4 Å². The van der Waals surface area contributed by atoms with E-state index in [0.717, 1.165) is 67.7 Å². The summed E-state index contributed by atoms with van der Waals surface area (Å²) in [6, 6.07) is 0. The van der Waals surface area contributed by atoms with E-state index in [1.165, 1.54) is 28.6 Å². The van der Waals surface area contributed by atoms with E-state index in [1.807, 2.05) is 4.90 Å². The number of aryl methyl sites for hydroxylation is 1. The number of hydrogen-bond acceptors (Lipinski definition) is 6. The maximum absolute atomic E-state index is 12.7. The number of anilines is 1. The molecule has 5 nitrogen and oxygen atoms in total.